The highest BCUT2D eigenvalue weighted by Gasteiger charge is 2.21. The van der Waals surface area contributed by atoms with Crippen molar-refractivity contribution in [1.29, 1.82) is 0 Å². The molecule has 1 fully saturated rings. The lowest BCUT2D eigenvalue weighted by molar-refractivity contribution is 0.102. The third kappa shape index (κ3) is 4.34. The van der Waals surface area contributed by atoms with Crippen LogP contribution in [0.4, 0.5) is 11.4 Å². The Kier molecular flexibility index (Phi) is 5.47. The van der Waals surface area contributed by atoms with Crippen LogP contribution < -0.4 is 15.4 Å². The molecule has 1 aliphatic heterocycles. The second-order valence-electron chi connectivity index (χ2n) is 5.78. The number of hydrogen-bond donors (Lipinski definition) is 2. The van der Waals surface area contributed by atoms with Crippen LogP contribution in [-0.4, -0.2) is 40.6 Å². The first-order chi connectivity index (χ1) is 12.3. The zero-order valence-corrected chi connectivity index (χ0v) is 15.4. The first-order valence-electron chi connectivity index (χ1n) is 7.91. The Hall–Kier alpha value is -2.13. The summed E-state index contributed by atoms with van der Waals surface area (Å²) in [5.74, 6) is -0.431. The molecule has 0 radical (unpaired) electrons. The lowest BCUT2D eigenvalue weighted by atomic mass is 10.1. The van der Waals surface area contributed by atoms with Crippen molar-refractivity contribution in [2.45, 2.75) is 4.90 Å². The minimum Gasteiger partial charge on any atom is -0.378 e. The number of ether oxygens (including phenoxy) is 1. The summed E-state index contributed by atoms with van der Waals surface area (Å²) in [6.07, 6.45) is 0. The number of anilines is 2. The van der Waals surface area contributed by atoms with Crippen LogP contribution in [-0.2, 0) is 14.8 Å². The maximum atomic E-state index is 12.8. The lowest BCUT2D eigenvalue weighted by Crippen LogP contribution is -2.37. The van der Waals surface area contributed by atoms with E-state index in [0.29, 0.717) is 42.7 Å². The number of nitrogens with zero attached hydrogens (tertiary/aromatic N) is 1. The summed E-state index contributed by atoms with van der Waals surface area (Å²) in [6, 6.07) is 10.9. The van der Waals surface area contributed by atoms with Crippen molar-refractivity contribution < 1.29 is 17.9 Å². The van der Waals surface area contributed by atoms with Gasteiger partial charge in [-0.25, -0.2) is 13.6 Å². The zero-order valence-electron chi connectivity index (χ0n) is 13.8. The van der Waals surface area contributed by atoms with Crippen LogP contribution in [0.2, 0.25) is 5.02 Å². The van der Waals surface area contributed by atoms with E-state index in [1.165, 1.54) is 12.1 Å². The molecule has 2 aromatic carbocycles. The van der Waals surface area contributed by atoms with Gasteiger partial charge in [0.05, 0.1) is 23.7 Å². The Bertz CT molecular complexity index is 910. The molecule has 1 amide bonds. The van der Waals surface area contributed by atoms with Crippen LogP contribution >= 0.6 is 11.6 Å². The average Bonchev–Trinajstić information content (AvgIpc) is 2.63. The van der Waals surface area contributed by atoms with Gasteiger partial charge in [0.1, 0.15) is 0 Å². The minimum absolute atomic E-state index is 0.115. The quantitative estimate of drug-likeness (QED) is 0.825. The number of nitrogens with two attached hydrogens (primary N) is 1. The number of sulfonamides is 1. The smallest absolute Gasteiger partial charge is 0.257 e. The fraction of sp³-hybridized carbons (Fsp3) is 0.235. The molecule has 7 nitrogen and oxygen atoms in total. The van der Waals surface area contributed by atoms with E-state index in [2.05, 4.69) is 5.32 Å². The summed E-state index contributed by atoms with van der Waals surface area (Å²) < 4.78 is 28.7. The molecule has 0 atom stereocenters. The van der Waals surface area contributed by atoms with Crippen LogP contribution in [0.3, 0.4) is 0 Å². The molecule has 3 rings (SSSR count). The predicted octanol–water partition coefficient (Wildman–Crippen LogP) is 2.08. The van der Waals surface area contributed by atoms with Crippen molar-refractivity contribution in [3.8, 4) is 0 Å². The van der Waals surface area contributed by atoms with Gasteiger partial charge in [-0.2, -0.15) is 0 Å². The molecule has 138 valence electrons. The summed E-state index contributed by atoms with van der Waals surface area (Å²) >= 11 is 5.85. The van der Waals surface area contributed by atoms with Gasteiger partial charge in [-0.05, 0) is 42.5 Å². The van der Waals surface area contributed by atoms with Crippen molar-refractivity contribution in [1.82, 2.24) is 0 Å². The monoisotopic (exact) mass is 395 g/mol. The highest BCUT2D eigenvalue weighted by molar-refractivity contribution is 7.89. The van der Waals surface area contributed by atoms with E-state index in [0.717, 1.165) is 0 Å². The Labute approximate surface area is 156 Å². The summed E-state index contributed by atoms with van der Waals surface area (Å²) in [6.45, 7) is 2.29. The van der Waals surface area contributed by atoms with Crippen molar-refractivity contribution in [2.75, 3.05) is 36.5 Å². The molecule has 0 bridgehead atoms. The minimum atomic E-state index is -3.93. The van der Waals surface area contributed by atoms with Gasteiger partial charge in [0.15, 0.2) is 0 Å². The summed E-state index contributed by atoms with van der Waals surface area (Å²) in [7, 11) is -3.93. The molecule has 1 saturated heterocycles. The third-order valence-corrected chi connectivity index (χ3v) is 5.16. The van der Waals surface area contributed by atoms with Crippen LogP contribution in [0.5, 0.6) is 0 Å². The van der Waals surface area contributed by atoms with Gasteiger partial charge < -0.3 is 15.0 Å². The maximum absolute atomic E-state index is 12.8. The predicted molar refractivity (Wildman–Crippen MR) is 100 cm³/mol. The standard InChI is InChI=1S/C17H18ClN3O4S/c18-12-1-3-13(4-2-12)20-17(22)15-11-14(26(19,23)24)5-6-16(15)21-7-9-25-10-8-21/h1-6,11H,7-10H2,(H,20,22)(H2,19,23,24). The van der Waals surface area contributed by atoms with Crippen LogP contribution in [0.1, 0.15) is 10.4 Å². The summed E-state index contributed by atoms with van der Waals surface area (Å²) in [4.78, 5) is 14.7. The largest absolute Gasteiger partial charge is 0.378 e. The number of hydrogen-bond acceptors (Lipinski definition) is 5. The first-order valence-corrected chi connectivity index (χ1v) is 9.83. The number of rotatable bonds is 4. The molecule has 26 heavy (non-hydrogen) atoms. The van der Waals surface area contributed by atoms with Crippen molar-refractivity contribution in [3.63, 3.8) is 0 Å². The molecule has 0 aromatic heterocycles. The van der Waals surface area contributed by atoms with Crippen LogP contribution in [0.25, 0.3) is 0 Å². The molecule has 1 aliphatic rings. The summed E-state index contributed by atoms with van der Waals surface area (Å²) in [5.41, 5.74) is 1.41. The molecule has 0 aliphatic carbocycles. The third-order valence-electron chi connectivity index (χ3n) is 4.00. The molecule has 0 unspecified atom stereocenters. The van der Waals surface area contributed by atoms with Crippen molar-refractivity contribution in [2.24, 2.45) is 5.14 Å². The normalized spacial score (nSPS) is 14.9. The van der Waals surface area contributed by atoms with E-state index < -0.39 is 15.9 Å². The first kappa shape index (κ1) is 18.7. The molecular weight excluding hydrogens is 378 g/mol. The number of morpholine rings is 1. The van der Waals surface area contributed by atoms with Gasteiger partial charge in [0, 0.05) is 29.5 Å². The molecule has 0 saturated carbocycles. The zero-order chi connectivity index (χ0) is 18.7. The summed E-state index contributed by atoms with van der Waals surface area (Å²) in [5, 5.41) is 8.52. The Balaban J connectivity index is 1.97. The SMILES string of the molecule is NS(=O)(=O)c1ccc(N2CCOCC2)c(C(=O)Nc2ccc(Cl)cc2)c1. The lowest BCUT2D eigenvalue weighted by Gasteiger charge is -2.30. The number of nitrogens with one attached hydrogen (secondary N) is 1. The number of halogens is 1. The average molecular weight is 396 g/mol. The van der Waals surface area contributed by atoms with Crippen molar-refractivity contribution >= 4 is 38.9 Å². The number of benzene rings is 2. The Morgan fingerprint density at radius 1 is 1.12 bits per heavy atom. The highest BCUT2D eigenvalue weighted by Crippen LogP contribution is 2.26. The fourth-order valence-corrected chi connectivity index (χ4v) is 3.35. The van der Waals surface area contributed by atoms with E-state index in [1.807, 2.05) is 4.90 Å². The van der Waals surface area contributed by atoms with Gasteiger partial charge in [0.2, 0.25) is 10.0 Å². The van der Waals surface area contributed by atoms with Gasteiger partial charge in [-0.15, -0.1) is 0 Å². The fourth-order valence-electron chi connectivity index (χ4n) is 2.69. The van der Waals surface area contributed by atoms with E-state index in [1.54, 1.807) is 30.3 Å². The van der Waals surface area contributed by atoms with E-state index in [4.69, 9.17) is 21.5 Å². The van der Waals surface area contributed by atoms with E-state index >= 15 is 0 Å². The Morgan fingerprint density at radius 2 is 1.77 bits per heavy atom. The molecule has 0 spiro atoms. The van der Waals surface area contributed by atoms with E-state index in [9.17, 15) is 13.2 Å². The van der Waals surface area contributed by atoms with Crippen LogP contribution in [0.15, 0.2) is 47.4 Å². The van der Waals surface area contributed by atoms with Gasteiger partial charge in [-0.3, -0.25) is 4.79 Å². The second kappa shape index (κ2) is 7.63. The Morgan fingerprint density at radius 3 is 2.38 bits per heavy atom. The molecular formula is C17H18ClN3O4S. The highest BCUT2D eigenvalue weighted by atomic mass is 35.5. The van der Waals surface area contributed by atoms with Gasteiger partial charge in [-0.1, -0.05) is 11.6 Å². The van der Waals surface area contributed by atoms with Gasteiger partial charge >= 0.3 is 0 Å². The number of carbonyl (C=O) groups excluding carboxylic acids is 1. The molecule has 2 aromatic rings. The van der Waals surface area contributed by atoms with E-state index in [-0.39, 0.29) is 10.5 Å². The maximum Gasteiger partial charge on any atom is 0.257 e. The molecule has 1 heterocycles. The number of carbonyl (C=O) groups is 1. The van der Waals surface area contributed by atoms with Crippen molar-refractivity contribution in [3.05, 3.63) is 53.1 Å². The number of amides is 1. The van der Waals surface area contributed by atoms with Crippen LogP contribution in [0, 0.1) is 0 Å². The molecule has 3 N–H and O–H groups in total. The molecule has 9 heteroatoms. The topological polar surface area (TPSA) is 102 Å². The number of primary sulfonamides is 1. The van der Waals surface area contributed by atoms with Gasteiger partial charge in [0.25, 0.3) is 5.91 Å². The second-order valence-corrected chi connectivity index (χ2v) is 7.78.